The summed E-state index contributed by atoms with van der Waals surface area (Å²) in [6.45, 7) is 4.77. The summed E-state index contributed by atoms with van der Waals surface area (Å²) in [6, 6.07) is 8.53. The molecule has 0 aliphatic carbocycles. The number of para-hydroxylation sites is 1. The third-order valence-corrected chi connectivity index (χ3v) is 5.15. The standard InChI is InChI=1S/C22H21F3N4O2/c1-4-28(13(2)3)21(30)17-9-18-15(10-26-17)20(27-29(18)12-22(23,24)25)16-11-31-19-8-6-5-7-14(16)19/h5-11,13H,4,12H2,1-3H3. The van der Waals surface area contributed by atoms with Crippen LogP contribution in [0.3, 0.4) is 0 Å². The van der Waals surface area contributed by atoms with Crippen molar-refractivity contribution >= 4 is 27.8 Å². The molecule has 0 spiro atoms. The third kappa shape index (κ3) is 3.87. The molecule has 31 heavy (non-hydrogen) atoms. The van der Waals surface area contributed by atoms with Gasteiger partial charge >= 0.3 is 6.18 Å². The molecular weight excluding hydrogens is 409 g/mol. The summed E-state index contributed by atoms with van der Waals surface area (Å²) in [4.78, 5) is 18.7. The van der Waals surface area contributed by atoms with Gasteiger partial charge in [0.2, 0.25) is 0 Å². The average molecular weight is 430 g/mol. The van der Waals surface area contributed by atoms with E-state index in [1.165, 1.54) is 18.5 Å². The summed E-state index contributed by atoms with van der Waals surface area (Å²) in [5.74, 6) is -0.338. The monoisotopic (exact) mass is 430 g/mol. The molecule has 4 aromatic rings. The van der Waals surface area contributed by atoms with Crippen molar-refractivity contribution in [2.24, 2.45) is 0 Å². The van der Waals surface area contributed by atoms with Gasteiger partial charge in [-0.1, -0.05) is 18.2 Å². The van der Waals surface area contributed by atoms with Gasteiger partial charge in [0.15, 0.2) is 0 Å². The van der Waals surface area contributed by atoms with Crippen molar-refractivity contribution < 1.29 is 22.4 Å². The fraction of sp³-hybridized carbons (Fsp3) is 0.318. The van der Waals surface area contributed by atoms with E-state index in [2.05, 4.69) is 10.1 Å². The number of nitrogens with zero attached hydrogens (tertiary/aromatic N) is 4. The van der Waals surface area contributed by atoms with E-state index in [0.717, 1.165) is 10.1 Å². The molecule has 0 aliphatic heterocycles. The van der Waals surface area contributed by atoms with Gasteiger partial charge in [-0.2, -0.15) is 18.3 Å². The first-order valence-corrected chi connectivity index (χ1v) is 9.90. The zero-order chi connectivity index (χ0) is 22.3. The number of amides is 1. The van der Waals surface area contributed by atoms with Crippen LogP contribution in [0.1, 0.15) is 31.3 Å². The Kier molecular flexibility index (Phi) is 5.20. The smallest absolute Gasteiger partial charge is 0.408 e. The Morgan fingerprint density at radius 1 is 1.23 bits per heavy atom. The van der Waals surface area contributed by atoms with Gasteiger partial charge in [0, 0.05) is 35.1 Å². The number of halogens is 3. The highest BCUT2D eigenvalue weighted by Gasteiger charge is 2.31. The Hall–Kier alpha value is -3.36. The van der Waals surface area contributed by atoms with E-state index in [-0.39, 0.29) is 23.2 Å². The SMILES string of the molecule is CCN(C(=O)c1cc2c(cn1)c(-c1coc3ccccc13)nn2CC(F)(F)F)C(C)C. The van der Waals surface area contributed by atoms with Crippen molar-refractivity contribution in [2.75, 3.05) is 6.54 Å². The second-order valence-electron chi connectivity index (χ2n) is 7.54. The van der Waals surface area contributed by atoms with Crippen LogP contribution in [0.4, 0.5) is 13.2 Å². The highest BCUT2D eigenvalue weighted by atomic mass is 19.4. The summed E-state index contributed by atoms with van der Waals surface area (Å²) < 4.78 is 46.2. The fourth-order valence-electron chi connectivity index (χ4n) is 3.73. The maximum absolute atomic E-state index is 13.3. The van der Waals surface area contributed by atoms with Crippen LogP contribution in [-0.2, 0) is 6.54 Å². The van der Waals surface area contributed by atoms with Crippen molar-refractivity contribution in [2.45, 2.75) is 39.5 Å². The number of aromatic nitrogens is 3. The summed E-state index contributed by atoms with van der Waals surface area (Å²) >= 11 is 0. The largest absolute Gasteiger partial charge is 0.464 e. The van der Waals surface area contributed by atoms with Crippen LogP contribution in [0, 0.1) is 0 Å². The molecule has 162 valence electrons. The third-order valence-electron chi connectivity index (χ3n) is 5.15. The van der Waals surface area contributed by atoms with Crippen LogP contribution in [0.15, 0.2) is 47.2 Å². The van der Waals surface area contributed by atoms with Crippen molar-refractivity contribution in [1.82, 2.24) is 19.7 Å². The maximum atomic E-state index is 13.3. The number of fused-ring (bicyclic) bond motifs is 2. The van der Waals surface area contributed by atoms with E-state index >= 15 is 0 Å². The number of hydrogen-bond donors (Lipinski definition) is 0. The summed E-state index contributed by atoms with van der Waals surface area (Å²) in [5, 5.41) is 5.39. The molecule has 0 aliphatic rings. The Bertz CT molecular complexity index is 1260. The zero-order valence-corrected chi connectivity index (χ0v) is 17.3. The van der Waals surface area contributed by atoms with Crippen molar-refractivity contribution in [3.63, 3.8) is 0 Å². The van der Waals surface area contributed by atoms with Crippen LogP contribution in [-0.4, -0.2) is 44.3 Å². The van der Waals surface area contributed by atoms with Crippen molar-refractivity contribution in [3.8, 4) is 11.3 Å². The molecule has 1 amide bonds. The van der Waals surface area contributed by atoms with E-state index in [1.54, 1.807) is 11.0 Å². The maximum Gasteiger partial charge on any atom is 0.408 e. The van der Waals surface area contributed by atoms with Crippen molar-refractivity contribution in [1.29, 1.82) is 0 Å². The molecule has 1 aromatic carbocycles. The normalized spacial score (nSPS) is 12.2. The molecule has 3 aromatic heterocycles. The van der Waals surface area contributed by atoms with Gasteiger partial charge in [-0.15, -0.1) is 0 Å². The minimum Gasteiger partial charge on any atom is -0.464 e. The van der Waals surface area contributed by atoms with E-state index < -0.39 is 12.7 Å². The molecular formula is C22H21F3N4O2. The predicted octanol–water partition coefficient (Wildman–Crippen LogP) is 5.28. The van der Waals surface area contributed by atoms with E-state index in [9.17, 15) is 18.0 Å². The quantitative estimate of drug-likeness (QED) is 0.432. The van der Waals surface area contributed by atoms with Crippen LogP contribution in [0.25, 0.3) is 33.1 Å². The molecule has 3 heterocycles. The second-order valence-corrected chi connectivity index (χ2v) is 7.54. The number of hydrogen-bond acceptors (Lipinski definition) is 4. The molecule has 0 saturated carbocycles. The molecule has 6 nitrogen and oxygen atoms in total. The molecule has 0 radical (unpaired) electrons. The molecule has 0 saturated heterocycles. The van der Waals surface area contributed by atoms with Crippen LogP contribution >= 0.6 is 0 Å². The number of furan rings is 1. The van der Waals surface area contributed by atoms with Gasteiger partial charge in [0.1, 0.15) is 29.8 Å². The minimum atomic E-state index is -4.48. The Morgan fingerprint density at radius 2 is 1.97 bits per heavy atom. The van der Waals surface area contributed by atoms with Crippen LogP contribution in [0.5, 0.6) is 0 Å². The summed E-state index contributed by atoms with van der Waals surface area (Å²) in [5.41, 5.74) is 1.77. The van der Waals surface area contributed by atoms with Gasteiger partial charge in [0.25, 0.3) is 5.91 Å². The molecule has 0 fully saturated rings. The molecule has 0 N–H and O–H groups in total. The lowest BCUT2D eigenvalue weighted by molar-refractivity contribution is -0.141. The average Bonchev–Trinajstić information content (AvgIpc) is 3.28. The lowest BCUT2D eigenvalue weighted by atomic mass is 10.1. The number of benzene rings is 1. The summed E-state index contributed by atoms with van der Waals surface area (Å²) in [7, 11) is 0. The predicted molar refractivity (Wildman–Crippen MR) is 111 cm³/mol. The molecule has 9 heteroatoms. The number of pyridine rings is 1. The van der Waals surface area contributed by atoms with Crippen molar-refractivity contribution in [3.05, 3.63) is 48.5 Å². The fourth-order valence-corrected chi connectivity index (χ4v) is 3.73. The number of rotatable bonds is 5. The first kappa shape index (κ1) is 20.9. The first-order valence-electron chi connectivity index (χ1n) is 9.90. The number of alkyl halides is 3. The highest BCUT2D eigenvalue weighted by Crippen LogP contribution is 2.35. The number of carbonyl (C=O) groups excluding carboxylic acids is 1. The van der Waals surface area contributed by atoms with E-state index in [4.69, 9.17) is 4.42 Å². The van der Waals surface area contributed by atoms with Gasteiger partial charge in [-0.05, 0) is 32.9 Å². The Balaban J connectivity index is 1.90. The Morgan fingerprint density at radius 3 is 2.65 bits per heavy atom. The molecule has 0 bridgehead atoms. The van der Waals surface area contributed by atoms with Gasteiger partial charge in [0.05, 0.1) is 5.52 Å². The summed E-state index contributed by atoms with van der Waals surface area (Å²) in [6.07, 6.45) is -1.59. The lowest BCUT2D eigenvalue weighted by Crippen LogP contribution is -2.37. The van der Waals surface area contributed by atoms with Crippen LogP contribution in [0.2, 0.25) is 0 Å². The van der Waals surface area contributed by atoms with Crippen LogP contribution < -0.4 is 0 Å². The van der Waals surface area contributed by atoms with Gasteiger partial charge in [-0.3, -0.25) is 14.5 Å². The number of carbonyl (C=O) groups is 1. The highest BCUT2D eigenvalue weighted by molar-refractivity contribution is 6.03. The minimum absolute atomic E-state index is 0.0667. The lowest BCUT2D eigenvalue weighted by Gasteiger charge is -2.24. The Labute approximate surface area is 176 Å². The van der Waals surface area contributed by atoms with E-state index in [0.29, 0.717) is 28.8 Å². The van der Waals surface area contributed by atoms with E-state index in [1.807, 2.05) is 39.0 Å². The second kappa shape index (κ2) is 7.72. The van der Waals surface area contributed by atoms with Gasteiger partial charge < -0.3 is 9.32 Å². The molecule has 4 rings (SSSR count). The molecule has 0 unspecified atom stereocenters. The topological polar surface area (TPSA) is 64.2 Å². The first-order chi connectivity index (χ1) is 14.7. The van der Waals surface area contributed by atoms with Gasteiger partial charge in [-0.25, -0.2) is 0 Å². The molecule has 0 atom stereocenters. The zero-order valence-electron chi connectivity index (χ0n) is 17.3.